The second-order valence-corrected chi connectivity index (χ2v) is 12.3. The predicted molar refractivity (Wildman–Crippen MR) is 151 cm³/mol. The van der Waals surface area contributed by atoms with Crippen LogP contribution in [0.15, 0.2) is 48.5 Å². The maximum absolute atomic E-state index is 13.7. The highest BCUT2D eigenvalue weighted by Crippen LogP contribution is 2.45. The number of aliphatic carboxylic acids is 1. The van der Waals surface area contributed by atoms with Gasteiger partial charge in [0, 0.05) is 37.0 Å². The van der Waals surface area contributed by atoms with E-state index in [1.54, 1.807) is 4.90 Å². The number of ether oxygens (including phenoxy) is 2. The Morgan fingerprint density at radius 1 is 1.00 bits per heavy atom. The molecule has 2 aliphatic heterocycles. The minimum absolute atomic E-state index is 0.00317. The summed E-state index contributed by atoms with van der Waals surface area (Å²) in [6, 6.07) is 16.2. The van der Waals surface area contributed by atoms with E-state index >= 15 is 0 Å². The van der Waals surface area contributed by atoms with Crippen LogP contribution in [0.3, 0.4) is 0 Å². The van der Waals surface area contributed by atoms with E-state index in [1.807, 2.05) is 49.9 Å². The molecule has 2 heterocycles. The number of piperidine rings is 1. The molecule has 2 amide bonds. The predicted octanol–water partition coefficient (Wildman–Crippen LogP) is 6.28. The van der Waals surface area contributed by atoms with Crippen molar-refractivity contribution in [2.45, 2.75) is 89.4 Å². The molecule has 214 valence electrons. The fourth-order valence-corrected chi connectivity index (χ4v) is 6.89. The van der Waals surface area contributed by atoms with Crippen LogP contribution in [-0.4, -0.2) is 69.9 Å². The Kier molecular flexibility index (Phi) is 7.80. The van der Waals surface area contributed by atoms with Crippen LogP contribution in [-0.2, 0) is 14.3 Å². The van der Waals surface area contributed by atoms with Gasteiger partial charge in [-0.15, -0.1) is 0 Å². The normalized spacial score (nSPS) is 23.4. The molecule has 0 radical (unpaired) electrons. The summed E-state index contributed by atoms with van der Waals surface area (Å²) in [4.78, 5) is 41.7. The van der Waals surface area contributed by atoms with Crippen LogP contribution in [0.25, 0.3) is 11.1 Å². The van der Waals surface area contributed by atoms with Gasteiger partial charge in [-0.25, -0.2) is 9.59 Å². The first kappa shape index (κ1) is 28.0. The molecule has 2 aromatic carbocycles. The quantitative estimate of drug-likeness (QED) is 0.438. The van der Waals surface area contributed by atoms with Gasteiger partial charge in [0.25, 0.3) is 0 Å². The van der Waals surface area contributed by atoms with Crippen molar-refractivity contribution in [2.75, 3.05) is 13.2 Å². The number of fused-ring (bicyclic) bond motifs is 5. The van der Waals surface area contributed by atoms with Crippen molar-refractivity contribution in [1.82, 2.24) is 9.80 Å². The van der Waals surface area contributed by atoms with Crippen LogP contribution in [0, 0.1) is 5.92 Å². The van der Waals surface area contributed by atoms with Gasteiger partial charge < -0.3 is 24.4 Å². The van der Waals surface area contributed by atoms with Gasteiger partial charge in [-0.1, -0.05) is 55.5 Å². The van der Waals surface area contributed by atoms with E-state index in [0.717, 1.165) is 35.1 Å². The van der Waals surface area contributed by atoms with E-state index in [-0.39, 0.29) is 49.1 Å². The SMILES string of the molecule is CC1C(N(CCCC(=O)O)C(=O)OCC2c3ccccc3-c3ccccc32)CC2CCC1N2C(=O)OC(C)(C)C. The van der Waals surface area contributed by atoms with Crippen LogP contribution in [0.4, 0.5) is 9.59 Å². The molecule has 0 saturated carbocycles. The largest absolute Gasteiger partial charge is 0.481 e. The Hall–Kier alpha value is -3.55. The number of nitrogens with zero attached hydrogens (tertiary/aromatic N) is 2. The summed E-state index contributed by atoms with van der Waals surface area (Å²) in [5, 5.41) is 9.25. The average Bonchev–Trinajstić information content (AvgIpc) is 3.41. The lowest BCUT2D eigenvalue weighted by molar-refractivity contribution is -0.137. The van der Waals surface area contributed by atoms with Crippen molar-refractivity contribution in [3.63, 3.8) is 0 Å². The van der Waals surface area contributed by atoms with Gasteiger partial charge in [-0.05, 0) is 74.6 Å². The number of hydrogen-bond donors (Lipinski definition) is 1. The average molecular weight is 549 g/mol. The lowest BCUT2D eigenvalue weighted by Crippen LogP contribution is -2.59. The minimum Gasteiger partial charge on any atom is -0.481 e. The van der Waals surface area contributed by atoms with Crippen molar-refractivity contribution in [3.05, 3.63) is 59.7 Å². The summed E-state index contributed by atoms with van der Waals surface area (Å²) >= 11 is 0. The van der Waals surface area contributed by atoms with Crippen LogP contribution < -0.4 is 0 Å². The summed E-state index contributed by atoms with van der Waals surface area (Å²) < 4.78 is 11.7. The fourth-order valence-electron chi connectivity index (χ4n) is 6.89. The molecule has 5 rings (SSSR count). The highest BCUT2D eigenvalue weighted by atomic mass is 16.6. The third-order valence-electron chi connectivity index (χ3n) is 8.64. The van der Waals surface area contributed by atoms with Gasteiger partial charge in [0.05, 0.1) is 0 Å². The van der Waals surface area contributed by atoms with E-state index in [9.17, 15) is 19.5 Å². The lowest BCUT2D eigenvalue weighted by atomic mass is 9.86. The topological polar surface area (TPSA) is 96.4 Å². The van der Waals surface area contributed by atoms with Crippen molar-refractivity contribution in [1.29, 1.82) is 0 Å². The van der Waals surface area contributed by atoms with E-state index in [1.165, 1.54) is 0 Å². The van der Waals surface area contributed by atoms with Gasteiger partial charge >= 0.3 is 18.2 Å². The summed E-state index contributed by atoms with van der Waals surface area (Å²) in [5.74, 6) is -0.947. The van der Waals surface area contributed by atoms with E-state index in [0.29, 0.717) is 19.4 Å². The van der Waals surface area contributed by atoms with Crippen molar-refractivity contribution in [2.24, 2.45) is 5.92 Å². The van der Waals surface area contributed by atoms with Crippen molar-refractivity contribution >= 4 is 18.2 Å². The number of carboxylic acids is 1. The monoisotopic (exact) mass is 548 g/mol. The first-order valence-corrected chi connectivity index (χ1v) is 14.4. The molecule has 0 aromatic heterocycles. The van der Waals surface area contributed by atoms with E-state index in [2.05, 4.69) is 31.2 Å². The Balaban J connectivity index is 1.33. The first-order valence-electron chi connectivity index (χ1n) is 14.4. The van der Waals surface area contributed by atoms with Crippen LogP contribution in [0.2, 0.25) is 0 Å². The van der Waals surface area contributed by atoms with Gasteiger partial charge in [0.15, 0.2) is 0 Å². The van der Waals surface area contributed by atoms with Gasteiger partial charge in [-0.2, -0.15) is 0 Å². The molecule has 1 N–H and O–H groups in total. The minimum atomic E-state index is -0.889. The molecular weight excluding hydrogens is 508 g/mol. The Labute approximate surface area is 236 Å². The molecule has 2 bridgehead atoms. The standard InChI is InChI=1S/C32H40N2O6/c1-20-27-16-15-21(34(27)31(38)40-32(2,3)4)18-28(20)33(17-9-14-29(35)36)30(37)39-19-26-24-12-7-5-10-22(24)23-11-6-8-13-25(23)26/h5-8,10-13,20-21,26-28H,9,14-19H2,1-4H3,(H,35,36). The number of carbonyl (C=O) groups is 3. The number of amides is 2. The van der Waals surface area contributed by atoms with Crippen LogP contribution >= 0.6 is 0 Å². The number of rotatable bonds is 7. The number of carbonyl (C=O) groups excluding carboxylic acids is 2. The number of hydrogen-bond acceptors (Lipinski definition) is 5. The van der Waals surface area contributed by atoms with Crippen molar-refractivity contribution in [3.8, 4) is 11.1 Å². The van der Waals surface area contributed by atoms with Crippen LogP contribution in [0.1, 0.15) is 76.8 Å². The smallest absolute Gasteiger partial charge is 0.410 e. The summed E-state index contributed by atoms with van der Waals surface area (Å²) in [5.41, 5.74) is 4.03. The Morgan fingerprint density at radius 3 is 2.23 bits per heavy atom. The molecule has 2 aromatic rings. The third kappa shape index (κ3) is 5.54. The summed E-state index contributed by atoms with van der Waals surface area (Å²) in [6.07, 6.45) is 1.93. The molecular formula is C32H40N2O6. The molecule has 8 nitrogen and oxygen atoms in total. The van der Waals surface area contributed by atoms with E-state index < -0.39 is 17.7 Å². The number of benzene rings is 2. The van der Waals surface area contributed by atoms with E-state index in [4.69, 9.17) is 9.47 Å². The number of carboxylic acid groups (broad SMARTS) is 1. The zero-order valence-corrected chi connectivity index (χ0v) is 23.8. The second-order valence-electron chi connectivity index (χ2n) is 12.3. The highest BCUT2D eigenvalue weighted by Gasteiger charge is 2.51. The van der Waals surface area contributed by atoms with Crippen LogP contribution in [0.5, 0.6) is 0 Å². The lowest BCUT2D eigenvalue weighted by Gasteiger charge is -2.47. The molecule has 4 unspecified atom stereocenters. The van der Waals surface area contributed by atoms with Gasteiger partial charge in [-0.3, -0.25) is 4.79 Å². The fraction of sp³-hybridized carbons (Fsp3) is 0.531. The zero-order valence-electron chi connectivity index (χ0n) is 23.8. The highest BCUT2D eigenvalue weighted by molar-refractivity contribution is 5.79. The third-order valence-corrected chi connectivity index (χ3v) is 8.64. The first-order chi connectivity index (χ1) is 19.0. The maximum atomic E-state index is 13.7. The zero-order chi connectivity index (χ0) is 28.6. The maximum Gasteiger partial charge on any atom is 0.410 e. The molecule has 2 saturated heterocycles. The second kappa shape index (κ2) is 11.1. The molecule has 40 heavy (non-hydrogen) atoms. The Morgan fingerprint density at radius 2 is 1.62 bits per heavy atom. The molecule has 1 aliphatic carbocycles. The molecule has 0 spiro atoms. The molecule has 3 aliphatic rings. The van der Waals surface area contributed by atoms with Gasteiger partial charge in [0.1, 0.15) is 12.2 Å². The van der Waals surface area contributed by atoms with Crippen molar-refractivity contribution < 1.29 is 29.0 Å². The van der Waals surface area contributed by atoms with Gasteiger partial charge in [0.2, 0.25) is 0 Å². The summed E-state index contributed by atoms with van der Waals surface area (Å²) in [6.45, 7) is 8.18. The summed E-state index contributed by atoms with van der Waals surface area (Å²) in [7, 11) is 0. The molecule has 2 fully saturated rings. The Bertz CT molecular complexity index is 1220. The molecule has 4 atom stereocenters. The molecule has 8 heteroatoms.